The molecule has 0 unspecified atom stereocenters. The highest BCUT2D eigenvalue weighted by molar-refractivity contribution is 5.93. The van der Waals surface area contributed by atoms with E-state index in [1.165, 1.54) is 11.2 Å². The molecule has 0 fully saturated rings. The third-order valence-electron chi connectivity index (χ3n) is 3.02. The van der Waals surface area contributed by atoms with Crippen LogP contribution in [0.25, 0.3) is 17.1 Å². The molecule has 0 spiro atoms. The van der Waals surface area contributed by atoms with E-state index in [1.54, 1.807) is 13.8 Å². The first kappa shape index (κ1) is 14.0. The highest BCUT2D eigenvalue weighted by atomic mass is 16.5. The first-order valence-corrected chi connectivity index (χ1v) is 6.81. The summed E-state index contributed by atoms with van der Waals surface area (Å²) in [5.41, 5.74) is 2.01. The van der Waals surface area contributed by atoms with Crippen LogP contribution in [-0.2, 0) is 4.74 Å². The number of aryl methyl sites for hydroxylation is 1. The number of hydrogen-bond donors (Lipinski definition) is 0. The Balaban J connectivity index is 2.02. The van der Waals surface area contributed by atoms with Gasteiger partial charge in [0.05, 0.1) is 18.0 Å². The van der Waals surface area contributed by atoms with Gasteiger partial charge in [-0.15, -0.1) is 5.10 Å². The van der Waals surface area contributed by atoms with Crippen molar-refractivity contribution in [2.24, 2.45) is 0 Å². The molecule has 0 saturated heterocycles. The first-order valence-electron chi connectivity index (χ1n) is 6.81. The van der Waals surface area contributed by atoms with Crippen LogP contribution in [0.4, 0.5) is 0 Å². The molecule has 112 valence electrons. The Hall–Kier alpha value is -2.96. The maximum atomic E-state index is 11.9. The molecule has 2 heterocycles. The average molecular weight is 298 g/mol. The minimum atomic E-state index is -0.542. The van der Waals surface area contributed by atoms with E-state index in [0.717, 1.165) is 5.69 Å². The molecule has 0 aliphatic rings. The van der Waals surface area contributed by atoms with Gasteiger partial charge in [0.25, 0.3) is 0 Å². The van der Waals surface area contributed by atoms with E-state index in [0.29, 0.717) is 11.4 Å². The molecule has 0 radical (unpaired) electrons. The van der Waals surface area contributed by atoms with Crippen molar-refractivity contribution in [2.75, 3.05) is 6.61 Å². The number of para-hydroxylation sites is 1. The third kappa shape index (κ3) is 2.48. The molecule has 0 aliphatic carbocycles. The molecule has 7 heteroatoms. The molecule has 0 aliphatic heterocycles. The second-order valence-electron chi connectivity index (χ2n) is 4.51. The summed E-state index contributed by atoms with van der Waals surface area (Å²) in [5.74, 6) is -0.280. The van der Waals surface area contributed by atoms with Crippen LogP contribution in [0.15, 0.2) is 41.1 Å². The third-order valence-corrected chi connectivity index (χ3v) is 3.02. The van der Waals surface area contributed by atoms with Crippen LogP contribution < -0.4 is 0 Å². The predicted octanol–water partition coefficient (Wildman–Crippen LogP) is 2.41. The minimum absolute atomic E-state index is 0.102. The summed E-state index contributed by atoms with van der Waals surface area (Å²) < 4.78 is 10.3. The van der Waals surface area contributed by atoms with E-state index in [2.05, 4.69) is 15.2 Å². The first-order chi connectivity index (χ1) is 10.7. The second-order valence-corrected chi connectivity index (χ2v) is 4.51. The molecule has 1 aromatic carbocycles. The van der Waals surface area contributed by atoms with Crippen LogP contribution in [0.5, 0.6) is 0 Å². The monoisotopic (exact) mass is 298 g/mol. The zero-order chi connectivity index (χ0) is 15.5. The highest BCUT2D eigenvalue weighted by Gasteiger charge is 2.24. The van der Waals surface area contributed by atoms with Gasteiger partial charge >= 0.3 is 5.97 Å². The van der Waals surface area contributed by atoms with Crippen LogP contribution >= 0.6 is 0 Å². The number of nitrogens with zero attached hydrogens (tertiary/aromatic N) is 4. The van der Waals surface area contributed by atoms with Gasteiger partial charge in [0.2, 0.25) is 0 Å². The maximum Gasteiger partial charge on any atom is 0.361 e. The van der Waals surface area contributed by atoms with Crippen LogP contribution in [0, 0.1) is 6.92 Å². The normalized spacial score (nSPS) is 10.6. The van der Waals surface area contributed by atoms with Crippen molar-refractivity contribution in [1.29, 1.82) is 0 Å². The number of hydrogen-bond acceptors (Lipinski definition) is 6. The van der Waals surface area contributed by atoms with Crippen LogP contribution in [0.2, 0.25) is 0 Å². The van der Waals surface area contributed by atoms with Crippen LogP contribution in [-0.4, -0.2) is 32.6 Å². The molecular formula is C15H14N4O3. The Morgan fingerprint density at radius 3 is 2.77 bits per heavy atom. The summed E-state index contributed by atoms with van der Waals surface area (Å²) in [6.07, 6.45) is 1.20. The van der Waals surface area contributed by atoms with E-state index in [-0.39, 0.29) is 18.1 Å². The van der Waals surface area contributed by atoms with Gasteiger partial charge < -0.3 is 9.15 Å². The van der Waals surface area contributed by atoms with Gasteiger partial charge in [0.1, 0.15) is 0 Å². The summed E-state index contributed by atoms with van der Waals surface area (Å²) in [6, 6.07) is 9.47. The minimum Gasteiger partial charge on any atom is -0.461 e. The lowest BCUT2D eigenvalue weighted by molar-refractivity contribution is 0.0520. The number of ether oxygens (including phenoxy) is 1. The van der Waals surface area contributed by atoms with Gasteiger partial charge in [0, 0.05) is 0 Å². The molecule has 0 atom stereocenters. The van der Waals surface area contributed by atoms with Gasteiger partial charge in [-0.3, -0.25) is 0 Å². The van der Waals surface area contributed by atoms with Crippen molar-refractivity contribution in [2.45, 2.75) is 13.8 Å². The summed E-state index contributed by atoms with van der Waals surface area (Å²) in [4.78, 5) is 17.3. The zero-order valence-electron chi connectivity index (χ0n) is 12.2. The predicted molar refractivity (Wildman–Crippen MR) is 77.5 cm³/mol. The van der Waals surface area contributed by atoms with Crippen molar-refractivity contribution in [3.05, 3.63) is 48.1 Å². The number of carbonyl (C=O) groups is 1. The molecule has 0 saturated carbocycles. The standard InChI is InChI=1S/C15H14N4O3/c1-3-21-15(20)13-14(22-9-16-13)12-10(2)17-19(18-12)11-7-5-4-6-8-11/h4-9H,3H2,1-2H3. The second kappa shape index (κ2) is 5.80. The van der Waals surface area contributed by atoms with Crippen molar-refractivity contribution in [1.82, 2.24) is 20.0 Å². The van der Waals surface area contributed by atoms with Gasteiger partial charge in [-0.1, -0.05) is 18.2 Å². The van der Waals surface area contributed by atoms with Crippen molar-refractivity contribution in [3.63, 3.8) is 0 Å². The van der Waals surface area contributed by atoms with Gasteiger partial charge in [0.15, 0.2) is 23.5 Å². The Morgan fingerprint density at radius 1 is 1.27 bits per heavy atom. The molecule has 3 rings (SSSR count). The average Bonchev–Trinajstić information content (AvgIpc) is 3.14. The molecule has 0 N–H and O–H groups in total. The van der Waals surface area contributed by atoms with Gasteiger partial charge in [-0.25, -0.2) is 9.78 Å². The fourth-order valence-electron chi connectivity index (χ4n) is 2.02. The van der Waals surface area contributed by atoms with Gasteiger partial charge in [-0.05, 0) is 26.0 Å². The summed E-state index contributed by atoms with van der Waals surface area (Å²) in [6.45, 7) is 3.79. The number of aromatic nitrogens is 4. The number of rotatable bonds is 4. The van der Waals surface area contributed by atoms with E-state index >= 15 is 0 Å². The lowest BCUT2D eigenvalue weighted by Gasteiger charge is -1.99. The lowest BCUT2D eigenvalue weighted by Crippen LogP contribution is -2.06. The Kier molecular flexibility index (Phi) is 3.69. The molecule has 2 aromatic heterocycles. The Labute approximate surface area is 126 Å². The van der Waals surface area contributed by atoms with E-state index in [1.807, 2.05) is 30.3 Å². The van der Waals surface area contributed by atoms with Gasteiger partial charge in [-0.2, -0.15) is 9.90 Å². The topological polar surface area (TPSA) is 83.0 Å². The Morgan fingerprint density at radius 2 is 2.05 bits per heavy atom. The molecule has 22 heavy (non-hydrogen) atoms. The zero-order valence-corrected chi connectivity index (χ0v) is 12.2. The lowest BCUT2D eigenvalue weighted by atomic mass is 10.2. The number of benzene rings is 1. The SMILES string of the molecule is CCOC(=O)c1ncoc1-c1nn(-c2ccccc2)nc1C. The van der Waals surface area contributed by atoms with Crippen molar-refractivity contribution >= 4 is 5.97 Å². The fraction of sp³-hybridized carbons (Fsp3) is 0.200. The van der Waals surface area contributed by atoms with Crippen molar-refractivity contribution in [3.8, 4) is 17.1 Å². The maximum absolute atomic E-state index is 11.9. The largest absolute Gasteiger partial charge is 0.461 e. The number of carbonyl (C=O) groups excluding carboxylic acids is 1. The smallest absolute Gasteiger partial charge is 0.361 e. The summed E-state index contributed by atoms with van der Waals surface area (Å²) >= 11 is 0. The molecule has 0 bridgehead atoms. The number of esters is 1. The van der Waals surface area contributed by atoms with E-state index < -0.39 is 5.97 Å². The Bertz CT molecular complexity index is 792. The van der Waals surface area contributed by atoms with Crippen LogP contribution in [0.1, 0.15) is 23.1 Å². The number of oxazole rings is 1. The van der Waals surface area contributed by atoms with E-state index in [9.17, 15) is 4.79 Å². The quantitative estimate of drug-likeness (QED) is 0.688. The van der Waals surface area contributed by atoms with Crippen LogP contribution in [0.3, 0.4) is 0 Å². The van der Waals surface area contributed by atoms with E-state index in [4.69, 9.17) is 9.15 Å². The molecular weight excluding hydrogens is 284 g/mol. The fourth-order valence-corrected chi connectivity index (χ4v) is 2.02. The summed E-state index contributed by atoms with van der Waals surface area (Å²) in [7, 11) is 0. The summed E-state index contributed by atoms with van der Waals surface area (Å²) in [5, 5.41) is 8.74. The highest BCUT2D eigenvalue weighted by Crippen LogP contribution is 2.24. The molecule has 0 amide bonds. The van der Waals surface area contributed by atoms with Crippen molar-refractivity contribution < 1.29 is 13.9 Å². The molecule has 7 nitrogen and oxygen atoms in total. The molecule has 3 aromatic rings.